The molecule has 8 heterocycles. The summed E-state index contributed by atoms with van der Waals surface area (Å²) in [4.78, 5) is 72.7. The van der Waals surface area contributed by atoms with Gasteiger partial charge in [-0.15, -0.1) is 0 Å². The first-order valence-corrected chi connectivity index (χ1v) is 48.5. The number of fused-ring (bicyclic) bond motifs is 7. The van der Waals surface area contributed by atoms with Crippen LogP contribution in [0.3, 0.4) is 0 Å². The van der Waals surface area contributed by atoms with E-state index in [9.17, 15) is 121 Å². The Morgan fingerprint density at radius 2 is 1.07 bits per heavy atom. The number of hydrogen-bond donors (Lipinski definition) is 20. The van der Waals surface area contributed by atoms with Crippen LogP contribution in [0, 0.1) is 62.1 Å². The van der Waals surface area contributed by atoms with Gasteiger partial charge in [0.15, 0.2) is 62.3 Å². The lowest BCUT2D eigenvalue weighted by atomic mass is 9.33. The standard InChI is InChI=1S/C93H150O43/c1-14-38(3)52(124-59(104)28-44(98)27-53(39(4)15-2)125-84-76(65(109)55(34-95)127-84)133-80-49(101)30-47(99)40(5)121-80)26-43(97)29-60(105)129-73-62(106)41(6)122-85(77(73)134-82-70(114)67(111)72(42(7)123-82)130-61-31-48(100)50(102)35-119-61)136-87(118)93-24-22-88(8,9)32-46(93)45-16-17-57-89(10)20-19-58(90(11,37-96)56(89)18-21-92(57,13)91(45,12)23-25-93)128-86-78(135-83-69(113)66(110)64(108)54(33-94)126-83)74(71(115)75(132-86)79(116)117)131-81-68(112)63(107)51(103)36-120-81/h16,37-44,46-58,61-78,80-86,94-95,97-103,106-115H,14-15,17-36H2,1-13H3,(H,116,117)/t38-,39-,40-,41+,42-,43-,44-,46-,47+,48+,49+,50+,51+,52-,53-,54+,55-,56+,57+,58-,61-,62-,63-,64-,65-,66-,67-,68+,69+,70+,71-,72-,73-,74-,75-,76+,77+,78+,80-,81-,82-,83-,84+,85-,86+,89-,90-,91+,92+,93-/m0/s1. The van der Waals surface area contributed by atoms with Gasteiger partial charge >= 0.3 is 23.9 Å². The molecular formula is C93H150O43. The maximum absolute atomic E-state index is 16.4. The molecule has 43 heteroatoms. The summed E-state index contributed by atoms with van der Waals surface area (Å²) >= 11 is 0. The Hall–Kier alpha value is -4.07. The number of allylic oxidation sites excluding steroid dienone is 2. The number of esters is 3. The Kier molecular flexibility index (Phi) is 35.4. The first-order chi connectivity index (χ1) is 63.9. The average Bonchev–Trinajstić information content (AvgIpc) is 0.814. The van der Waals surface area contributed by atoms with Crippen molar-refractivity contribution in [1.82, 2.24) is 0 Å². The second kappa shape index (κ2) is 44.1. The van der Waals surface area contributed by atoms with E-state index in [1.54, 1.807) is 27.7 Å². The first-order valence-electron chi connectivity index (χ1n) is 48.5. The van der Waals surface area contributed by atoms with E-state index in [4.69, 9.17) is 85.3 Å². The van der Waals surface area contributed by atoms with Crippen LogP contribution >= 0.6 is 0 Å². The minimum atomic E-state index is -2.24. The van der Waals surface area contributed by atoms with Crippen LogP contribution in [0.2, 0.25) is 0 Å². The van der Waals surface area contributed by atoms with Gasteiger partial charge in [-0.05, 0) is 136 Å². The molecule has 5 aliphatic carbocycles. The van der Waals surface area contributed by atoms with E-state index in [0.717, 1.165) is 11.9 Å². The zero-order chi connectivity index (χ0) is 99.6. The summed E-state index contributed by atoms with van der Waals surface area (Å²) in [5, 5.41) is 221. The molecule has 0 radical (unpaired) electrons. The number of aliphatic hydroxyl groups excluding tert-OH is 19. The van der Waals surface area contributed by atoms with Gasteiger partial charge in [0.25, 0.3) is 0 Å². The quantitative estimate of drug-likeness (QED) is 0.0107. The molecule has 0 aromatic heterocycles. The summed E-state index contributed by atoms with van der Waals surface area (Å²) in [6.07, 6.45) is -58.6. The molecule has 12 fully saturated rings. The maximum atomic E-state index is 16.4. The van der Waals surface area contributed by atoms with Crippen molar-refractivity contribution < 1.29 is 211 Å². The van der Waals surface area contributed by atoms with Gasteiger partial charge in [-0.2, -0.15) is 0 Å². The Morgan fingerprint density at radius 3 is 1.72 bits per heavy atom. The van der Waals surface area contributed by atoms with Gasteiger partial charge in [0.05, 0.1) is 105 Å². The van der Waals surface area contributed by atoms with E-state index >= 15 is 4.79 Å². The van der Waals surface area contributed by atoms with E-state index < -0.39 is 347 Å². The molecule has 136 heavy (non-hydrogen) atoms. The normalized spacial score (nSPS) is 48.3. The van der Waals surface area contributed by atoms with Gasteiger partial charge in [0, 0.05) is 25.7 Å². The molecule has 13 aliphatic rings. The lowest BCUT2D eigenvalue weighted by Gasteiger charge is -2.71. The monoisotopic (exact) mass is 1950 g/mol. The number of ether oxygens (including phenoxy) is 18. The predicted octanol–water partition coefficient (Wildman–Crippen LogP) is -2.21. The second-order valence-electron chi connectivity index (χ2n) is 42.6. The zero-order valence-corrected chi connectivity index (χ0v) is 79.5. The van der Waals surface area contributed by atoms with Gasteiger partial charge in [-0.1, -0.05) is 93.7 Å². The fourth-order valence-corrected chi connectivity index (χ4v) is 24.1. The Morgan fingerprint density at radius 1 is 0.485 bits per heavy atom. The molecule has 0 amide bonds. The van der Waals surface area contributed by atoms with Crippen LogP contribution in [0.5, 0.6) is 0 Å². The average molecular weight is 1960 g/mol. The fourth-order valence-electron chi connectivity index (χ4n) is 24.1. The zero-order valence-electron chi connectivity index (χ0n) is 79.5. The summed E-state index contributed by atoms with van der Waals surface area (Å²) in [5.74, 6) is -6.48. The van der Waals surface area contributed by atoms with Crippen molar-refractivity contribution in [2.75, 3.05) is 26.4 Å². The van der Waals surface area contributed by atoms with Crippen LogP contribution < -0.4 is 0 Å². The highest BCUT2D eigenvalue weighted by Gasteiger charge is 2.72. The maximum Gasteiger partial charge on any atom is 0.335 e. The SMILES string of the molecule is CC[C@H](C)[C@H](C[C@H](O)CC(=O)O[C@H]1[C@@H](O)[C@@H](C)O[C@@H](OC(=O)[C@]23CCC(C)(C)C[C@H]2C2=CC[C@@H]4[C@@]5(C)CC[C@H](O[C@@H]6O[C@H](C(=O)O)[C@@H](O)[C@H](O[C@@H]7OC[C@@H](O)[C@H](O)[C@H]7O)[C@H]6O[C@@H]6O[C@H](CO)[C@H](O)[C@H](O)[C@H]6O)[C@@](C)(C=O)[C@@H]5CC[C@@]4(C)[C@]2(C)CC3)[C@@H]1O[C@@H]1O[C@@H](C)[C@H](O[C@H]2C[C@@H](O)[C@H](O)CO2)[C@@H](O)[C@H]1O)OC(=O)C[C@@H](O)C[C@H](O[C@@H]1O[C@@H](CO)[C@H](O)[C@H]1O[C@@H]1O[C@@H](C)[C@H](O)C[C@H]1O)[C@@H](C)CC. The number of carbonyl (C=O) groups is 5. The lowest BCUT2D eigenvalue weighted by molar-refractivity contribution is -0.391. The first kappa shape index (κ1) is 109. The lowest BCUT2D eigenvalue weighted by Crippen LogP contribution is -2.69. The van der Waals surface area contributed by atoms with Crippen molar-refractivity contribution in [2.24, 2.45) is 62.1 Å². The predicted molar refractivity (Wildman–Crippen MR) is 458 cm³/mol. The smallest absolute Gasteiger partial charge is 0.335 e. The molecular weight excluding hydrogens is 1800 g/mol. The molecule has 43 nitrogen and oxygen atoms in total. The van der Waals surface area contributed by atoms with Gasteiger partial charge in [-0.3, -0.25) is 14.4 Å². The minimum Gasteiger partial charge on any atom is -0.479 e. The van der Waals surface area contributed by atoms with Gasteiger partial charge in [0.2, 0.25) is 6.29 Å². The summed E-state index contributed by atoms with van der Waals surface area (Å²) < 4.78 is 110. The van der Waals surface area contributed by atoms with Crippen LogP contribution in [-0.4, -0.2) is 404 Å². The molecule has 780 valence electrons. The van der Waals surface area contributed by atoms with E-state index in [0.29, 0.717) is 64.2 Å². The van der Waals surface area contributed by atoms with Crippen molar-refractivity contribution in [3.63, 3.8) is 0 Å². The number of carboxylic acids is 1. The van der Waals surface area contributed by atoms with Crippen LogP contribution in [-0.2, 0) is 109 Å². The molecule has 0 aromatic rings. The van der Waals surface area contributed by atoms with E-state index in [-0.39, 0.29) is 62.4 Å². The van der Waals surface area contributed by atoms with E-state index in [1.165, 1.54) is 13.8 Å². The summed E-state index contributed by atoms with van der Waals surface area (Å²) in [5.41, 5.74) is -4.02. The molecule has 8 saturated heterocycles. The van der Waals surface area contributed by atoms with Crippen LogP contribution in [0.15, 0.2) is 11.6 Å². The number of carboxylic acid groups (broad SMARTS) is 1. The number of aliphatic carboxylic acids is 1. The van der Waals surface area contributed by atoms with Crippen LogP contribution in [0.25, 0.3) is 0 Å². The topological polar surface area (TPSA) is 656 Å². The number of aldehydes is 1. The van der Waals surface area contributed by atoms with Crippen molar-refractivity contribution in [3.8, 4) is 0 Å². The highest BCUT2D eigenvalue weighted by atomic mass is 16.8. The minimum absolute atomic E-state index is 0.0937. The Bertz CT molecular complexity index is 4000. The fraction of sp³-hybridized carbons (Fsp3) is 0.925. The van der Waals surface area contributed by atoms with Crippen molar-refractivity contribution >= 4 is 30.2 Å². The molecule has 13 rings (SSSR count). The molecule has 0 aromatic carbocycles. The Labute approximate surface area is 789 Å². The molecule has 50 atom stereocenters. The molecule has 0 spiro atoms. The molecule has 8 aliphatic heterocycles. The molecule has 20 N–H and O–H groups in total. The van der Waals surface area contributed by atoms with Gasteiger partial charge < -0.3 is 192 Å². The Balaban J connectivity index is 0.731. The third kappa shape index (κ3) is 21.9. The van der Waals surface area contributed by atoms with E-state index in [2.05, 4.69) is 40.7 Å². The number of carbonyl (C=O) groups excluding carboxylic acids is 4. The highest BCUT2D eigenvalue weighted by Crippen LogP contribution is 2.76. The van der Waals surface area contributed by atoms with Gasteiger partial charge in [0.1, 0.15) is 128 Å². The van der Waals surface area contributed by atoms with Gasteiger partial charge in [-0.25, -0.2) is 4.79 Å². The van der Waals surface area contributed by atoms with Crippen molar-refractivity contribution in [1.29, 1.82) is 0 Å². The highest BCUT2D eigenvalue weighted by molar-refractivity contribution is 5.79. The van der Waals surface area contributed by atoms with Crippen LogP contribution in [0.1, 0.15) is 206 Å². The molecule has 0 unspecified atom stereocenters. The largest absolute Gasteiger partial charge is 0.479 e. The second-order valence-corrected chi connectivity index (χ2v) is 42.6. The molecule has 0 bridgehead atoms. The summed E-state index contributed by atoms with van der Waals surface area (Å²) in [6.45, 7) is 21.8. The number of rotatable bonds is 34. The third-order valence-corrected chi connectivity index (χ3v) is 33.3. The van der Waals surface area contributed by atoms with Crippen LogP contribution in [0.4, 0.5) is 0 Å². The number of hydrogen-bond acceptors (Lipinski definition) is 42. The third-order valence-electron chi connectivity index (χ3n) is 33.3. The number of aliphatic hydroxyl groups is 19. The van der Waals surface area contributed by atoms with E-state index in [1.807, 2.05) is 13.8 Å². The summed E-state index contributed by atoms with van der Waals surface area (Å²) in [6, 6.07) is 0. The summed E-state index contributed by atoms with van der Waals surface area (Å²) in [7, 11) is 0. The van der Waals surface area contributed by atoms with Crippen molar-refractivity contribution in [3.05, 3.63) is 11.6 Å². The molecule has 4 saturated carbocycles. The van der Waals surface area contributed by atoms with Crippen molar-refractivity contribution in [2.45, 2.75) is 451 Å².